The standard InChI is InChI=1S/C20H17N5O/c21-12-13-4-1-5-14(10-13)19-18-15(6-2-8-23-18)11-17(24-19)25-9-3-7-16(25)20(22)26/h1-2,4-6,8,10-11,16H,3,7,9H2,(H2,22,26)/t16-/m0/s1. The summed E-state index contributed by atoms with van der Waals surface area (Å²) in [4.78, 5) is 23.0. The summed E-state index contributed by atoms with van der Waals surface area (Å²) in [5.41, 5.74) is 8.42. The molecule has 0 aliphatic carbocycles. The Balaban J connectivity index is 1.92. The van der Waals surface area contributed by atoms with Crippen molar-refractivity contribution in [2.24, 2.45) is 5.73 Å². The van der Waals surface area contributed by atoms with Crippen LogP contribution < -0.4 is 10.6 Å². The molecule has 1 atom stereocenters. The maximum atomic E-state index is 11.8. The molecule has 1 aliphatic heterocycles. The Hall–Kier alpha value is -3.46. The lowest BCUT2D eigenvalue weighted by atomic mass is 10.1. The fraction of sp³-hybridized carbons (Fsp3) is 0.200. The molecule has 1 fully saturated rings. The van der Waals surface area contributed by atoms with Gasteiger partial charge in [-0.25, -0.2) is 4.98 Å². The average Bonchev–Trinajstić information content (AvgIpc) is 3.17. The number of primary amides is 1. The smallest absolute Gasteiger partial charge is 0.240 e. The first-order valence-corrected chi connectivity index (χ1v) is 8.49. The molecule has 1 aliphatic rings. The summed E-state index contributed by atoms with van der Waals surface area (Å²) in [6.07, 6.45) is 3.37. The highest BCUT2D eigenvalue weighted by molar-refractivity contribution is 5.94. The van der Waals surface area contributed by atoms with Crippen molar-refractivity contribution in [2.45, 2.75) is 18.9 Å². The molecule has 128 valence electrons. The van der Waals surface area contributed by atoms with Gasteiger partial charge in [0.2, 0.25) is 5.91 Å². The van der Waals surface area contributed by atoms with E-state index in [2.05, 4.69) is 11.1 Å². The van der Waals surface area contributed by atoms with Gasteiger partial charge in [-0.05, 0) is 37.1 Å². The number of pyridine rings is 2. The van der Waals surface area contributed by atoms with Gasteiger partial charge in [-0.15, -0.1) is 0 Å². The van der Waals surface area contributed by atoms with E-state index in [-0.39, 0.29) is 11.9 Å². The van der Waals surface area contributed by atoms with Crippen LogP contribution in [0.15, 0.2) is 48.7 Å². The normalized spacial score (nSPS) is 16.6. The lowest BCUT2D eigenvalue weighted by Gasteiger charge is -2.24. The second-order valence-corrected chi connectivity index (χ2v) is 6.35. The predicted octanol–water partition coefficient (Wildman–Crippen LogP) is 2.62. The lowest BCUT2D eigenvalue weighted by molar-refractivity contribution is -0.119. The van der Waals surface area contributed by atoms with Crippen LogP contribution in [0.5, 0.6) is 0 Å². The van der Waals surface area contributed by atoms with Gasteiger partial charge in [0.1, 0.15) is 11.9 Å². The van der Waals surface area contributed by atoms with Crippen LogP contribution in [0, 0.1) is 11.3 Å². The SMILES string of the molecule is N#Cc1cccc(-c2nc(N3CCC[C@H]3C(N)=O)cc3cccnc23)c1. The van der Waals surface area contributed by atoms with Crippen molar-refractivity contribution in [1.82, 2.24) is 9.97 Å². The van der Waals surface area contributed by atoms with Crippen LogP contribution in [-0.2, 0) is 4.79 Å². The second-order valence-electron chi connectivity index (χ2n) is 6.35. The van der Waals surface area contributed by atoms with E-state index < -0.39 is 0 Å². The molecular formula is C20H17N5O. The molecule has 0 bridgehead atoms. The summed E-state index contributed by atoms with van der Waals surface area (Å²) in [7, 11) is 0. The summed E-state index contributed by atoms with van der Waals surface area (Å²) in [5.74, 6) is 0.382. The molecule has 26 heavy (non-hydrogen) atoms. The molecule has 2 N–H and O–H groups in total. The van der Waals surface area contributed by atoms with E-state index in [1.54, 1.807) is 18.3 Å². The highest BCUT2D eigenvalue weighted by Crippen LogP contribution is 2.32. The summed E-state index contributed by atoms with van der Waals surface area (Å²) in [5, 5.41) is 10.1. The molecule has 0 radical (unpaired) electrons. The molecule has 3 aromatic rings. The van der Waals surface area contributed by atoms with Gasteiger partial charge in [-0.3, -0.25) is 9.78 Å². The average molecular weight is 343 g/mol. The third-order valence-corrected chi connectivity index (χ3v) is 4.71. The summed E-state index contributed by atoms with van der Waals surface area (Å²) < 4.78 is 0. The molecule has 4 rings (SSSR count). The molecule has 1 saturated heterocycles. The lowest BCUT2D eigenvalue weighted by Crippen LogP contribution is -2.40. The number of anilines is 1. The summed E-state index contributed by atoms with van der Waals surface area (Å²) in [6.45, 7) is 0.740. The van der Waals surface area contributed by atoms with Gasteiger partial charge < -0.3 is 10.6 Å². The number of benzene rings is 1. The van der Waals surface area contributed by atoms with Gasteiger partial charge in [0, 0.05) is 23.7 Å². The van der Waals surface area contributed by atoms with Crippen molar-refractivity contribution in [1.29, 1.82) is 5.26 Å². The van der Waals surface area contributed by atoms with Gasteiger partial charge in [0.25, 0.3) is 0 Å². The van der Waals surface area contributed by atoms with Crippen molar-refractivity contribution in [2.75, 3.05) is 11.4 Å². The van der Waals surface area contributed by atoms with Crippen molar-refractivity contribution < 1.29 is 4.79 Å². The zero-order valence-electron chi connectivity index (χ0n) is 14.1. The van der Waals surface area contributed by atoms with Gasteiger partial charge >= 0.3 is 0 Å². The van der Waals surface area contributed by atoms with Gasteiger partial charge in [-0.1, -0.05) is 18.2 Å². The zero-order valence-corrected chi connectivity index (χ0v) is 14.1. The molecule has 0 saturated carbocycles. The Morgan fingerprint density at radius 1 is 1.27 bits per heavy atom. The number of hydrogen-bond donors (Lipinski definition) is 1. The summed E-state index contributed by atoms with van der Waals surface area (Å²) in [6, 6.07) is 14.9. The number of amides is 1. The number of aromatic nitrogens is 2. The fourth-order valence-corrected chi connectivity index (χ4v) is 3.49. The number of carbonyl (C=O) groups is 1. The summed E-state index contributed by atoms with van der Waals surface area (Å²) >= 11 is 0. The quantitative estimate of drug-likeness (QED) is 0.788. The molecule has 3 heterocycles. The first-order chi connectivity index (χ1) is 12.7. The van der Waals surface area contributed by atoms with E-state index in [4.69, 9.17) is 10.7 Å². The molecule has 6 heteroatoms. The number of carbonyl (C=O) groups excluding carboxylic acids is 1. The minimum atomic E-state index is -0.338. The fourth-order valence-electron chi connectivity index (χ4n) is 3.49. The predicted molar refractivity (Wildman–Crippen MR) is 99.3 cm³/mol. The molecule has 2 aromatic heterocycles. The second kappa shape index (κ2) is 6.45. The van der Waals surface area contributed by atoms with Crippen LogP contribution in [-0.4, -0.2) is 28.5 Å². The van der Waals surface area contributed by atoms with Gasteiger partial charge in [-0.2, -0.15) is 5.26 Å². The maximum Gasteiger partial charge on any atom is 0.240 e. The van der Waals surface area contributed by atoms with Crippen LogP contribution in [0.4, 0.5) is 5.82 Å². The highest BCUT2D eigenvalue weighted by atomic mass is 16.1. The van der Waals surface area contributed by atoms with Crippen molar-refractivity contribution >= 4 is 22.6 Å². The first kappa shape index (κ1) is 16.0. The minimum Gasteiger partial charge on any atom is -0.368 e. The molecular weight excluding hydrogens is 326 g/mol. The van der Waals surface area contributed by atoms with Gasteiger partial charge in [0.15, 0.2) is 0 Å². The molecule has 0 unspecified atom stereocenters. The van der Waals surface area contributed by atoms with Gasteiger partial charge in [0.05, 0.1) is 22.8 Å². The Morgan fingerprint density at radius 2 is 2.15 bits per heavy atom. The Bertz CT molecular complexity index is 1040. The Kier molecular flexibility index (Phi) is 3.98. The van der Waals surface area contributed by atoms with E-state index in [0.29, 0.717) is 17.1 Å². The number of rotatable bonds is 3. The molecule has 0 spiro atoms. The molecule has 6 nitrogen and oxygen atoms in total. The van der Waals surface area contributed by atoms with Crippen LogP contribution >= 0.6 is 0 Å². The first-order valence-electron chi connectivity index (χ1n) is 8.49. The van der Waals surface area contributed by atoms with Crippen molar-refractivity contribution in [3.8, 4) is 17.3 Å². The number of nitriles is 1. The molecule has 1 aromatic carbocycles. The zero-order chi connectivity index (χ0) is 18.1. The van der Waals surface area contributed by atoms with E-state index in [9.17, 15) is 10.1 Å². The molecule has 1 amide bonds. The van der Waals surface area contributed by atoms with E-state index >= 15 is 0 Å². The number of nitrogens with two attached hydrogens (primary N) is 1. The van der Waals surface area contributed by atoms with Crippen molar-refractivity contribution in [3.05, 3.63) is 54.2 Å². The van der Waals surface area contributed by atoms with E-state index in [1.807, 2.05) is 35.2 Å². The third kappa shape index (κ3) is 2.74. The van der Waals surface area contributed by atoms with E-state index in [0.717, 1.165) is 35.9 Å². The number of fused-ring (bicyclic) bond motifs is 1. The van der Waals surface area contributed by atoms with Crippen LogP contribution in [0.2, 0.25) is 0 Å². The number of nitrogens with zero attached hydrogens (tertiary/aromatic N) is 4. The van der Waals surface area contributed by atoms with Crippen LogP contribution in [0.1, 0.15) is 18.4 Å². The van der Waals surface area contributed by atoms with E-state index in [1.165, 1.54) is 0 Å². The minimum absolute atomic E-state index is 0.330. The Morgan fingerprint density at radius 3 is 2.96 bits per heavy atom. The largest absolute Gasteiger partial charge is 0.368 e. The number of hydrogen-bond acceptors (Lipinski definition) is 5. The third-order valence-electron chi connectivity index (χ3n) is 4.71. The topological polar surface area (TPSA) is 95.9 Å². The highest BCUT2D eigenvalue weighted by Gasteiger charge is 2.30. The van der Waals surface area contributed by atoms with Crippen LogP contribution in [0.25, 0.3) is 22.2 Å². The van der Waals surface area contributed by atoms with Crippen LogP contribution in [0.3, 0.4) is 0 Å². The Labute approximate surface area is 150 Å². The maximum absolute atomic E-state index is 11.8. The monoisotopic (exact) mass is 343 g/mol. The van der Waals surface area contributed by atoms with Crippen molar-refractivity contribution in [3.63, 3.8) is 0 Å².